The summed E-state index contributed by atoms with van der Waals surface area (Å²) < 4.78 is 23.2. The van der Waals surface area contributed by atoms with Gasteiger partial charge < -0.3 is 9.80 Å². The zero-order valence-electron chi connectivity index (χ0n) is 14.4. The molecule has 1 atom stereocenters. The second-order valence-corrected chi connectivity index (χ2v) is 8.42. The fourth-order valence-electron chi connectivity index (χ4n) is 2.83. The normalized spacial score (nSPS) is 19.0. The summed E-state index contributed by atoms with van der Waals surface area (Å²) in [4.78, 5) is 27.3. The van der Waals surface area contributed by atoms with Crippen LogP contribution in [0.5, 0.6) is 0 Å². The Morgan fingerprint density at radius 1 is 1.21 bits per heavy atom. The van der Waals surface area contributed by atoms with Gasteiger partial charge in [0.25, 0.3) is 0 Å². The molecule has 0 aromatic heterocycles. The minimum Gasteiger partial charge on any atom is -0.340 e. The van der Waals surface area contributed by atoms with E-state index in [0.717, 1.165) is 12.0 Å². The van der Waals surface area contributed by atoms with Gasteiger partial charge in [0.05, 0.1) is 11.5 Å². The Balaban J connectivity index is 2.09. The first-order chi connectivity index (χ1) is 11.2. The molecule has 1 aliphatic rings. The number of rotatable bonds is 5. The van der Waals surface area contributed by atoms with Crippen LogP contribution in [0.1, 0.15) is 25.8 Å². The number of carbonyl (C=O) groups excluding carboxylic acids is 2. The minimum absolute atomic E-state index is 0.000504. The summed E-state index contributed by atoms with van der Waals surface area (Å²) in [5.74, 6) is -0.364. The van der Waals surface area contributed by atoms with Crippen LogP contribution in [-0.2, 0) is 25.8 Å². The van der Waals surface area contributed by atoms with Gasteiger partial charge in [-0.25, -0.2) is 8.42 Å². The van der Waals surface area contributed by atoms with Crippen molar-refractivity contribution in [2.24, 2.45) is 0 Å². The molecule has 1 fully saturated rings. The highest BCUT2D eigenvalue weighted by Crippen LogP contribution is 2.19. The molecule has 24 heavy (non-hydrogen) atoms. The van der Waals surface area contributed by atoms with Gasteiger partial charge in [0.1, 0.15) is 6.54 Å². The highest BCUT2D eigenvalue weighted by atomic mass is 32.2. The number of benzene rings is 1. The molecule has 2 amide bonds. The first-order valence-electron chi connectivity index (χ1n) is 8.06. The maximum absolute atomic E-state index is 12.5. The molecule has 7 heteroatoms. The van der Waals surface area contributed by atoms with Crippen molar-refractivity contribution in [2.45, 2.75) is 32.7 Å². The van der Waals surface area contributed by atoms with E-state index in [-0.39, 0.29) is 35.9 Å². The predicted octanol–water partition coefficient (Wildman–Crippen LogP) is 1.25. The summed E-state index contributed by atoms with van der Waals surface area (Å²) in [5, 5.41) is 0. The monoisotopic (exact) mass is 352 g/mol. The summed E-state index contributed by atoms with van der Waals surface area (Å²) in [6, 6.07) is 7.21. The van der Waals surface area contributed by atoms with Crippen LogP contribution >= 0.6 is 0 Å². The topological polar surface area (TPSA) is 74.8 Å². The molecular weight excluding hydrogens is 328 g/mol. The molecule has 1 unspecified atom stereocenters. The molecule has 1 heterocycles. The van der Waals surface area contributed by atoms with Gasteiger partial charge in [0, 0.05) is 25.7 Å². The lowest BCUT2D eigenvalue weighted by Crippen LogP contribution is -2.45. The molecule has 0 spiro atoms. The van der Waals surface area contributed by atoms with Gasteiger partial charge in [-0.3, -0.25) is 9.59 Å². The van der Waals surface area contributed by atoms with E-state index in [0.29, 0.717) is 12.1 Å². The number of aryl methyl sites for hydroxylation is 1. The highest BCUT2D eigenvalue weighted by molar-refractivity contribution is 7.91. The summed E-state index contributed by atoms with van der Waals surface area (Å²) in [7, 11) is -1.45. The molecule has 1 aromatic carbocycles. The van der Waals surface area contributed by atoms with Crippen molar-refractivity contribution in [1.82, 2.24) is 4.90 Å². The smallest absolute Gasteiger partial charge is 0.242 e. The van der Waals surface area contributed by atoms with Crippen molar-refractivity contribution in [3.8, 4) is 0 Å². The summed E-state index contributed by atoms with van der Waals surface area (Å²) >= 11 is 0. The van der Waals surface area contributed by atoms with E-state index in [9.17, 15) is 18.0 Å². The van der Waals surface area contributed by atoms with E-state index in [1.807, 2.05) is 31.2 Å². The molecule has 0 aliphatic carbocycles. The lowest BCUT2D eigenvalue weighted by molar-refractivity contribution is -0.131. The fourth-order valence-corrected chi connectivity index (χ4v) is 4.60. The number of hydrogen-bond acceptors (Lipinski definition) is 4. The van der Waals surface area contributed by atoms with Crippen LogP contribution in [0.25, 0.3) is 0 Å². The lowest BCUT2D eigenvalue weighted by atomic mass is 10.1. The van der Waals surface area contributed by atoms with Crippen LogP contribution in [0, 0.1) is 0 Å². The molecule has 0 radical (unpaired) electrons. The molecule has 0 N–H and O–H groups in total. The molecule has 0 saturated carbocycles. The third-order valence-electron chi connectivity index (χ3n) is 4.48. The van der Waals surface area contributed by atoms with Crippen molar-refractivity contribution in [1.29, 1.82) is 0 Å². The SMILES string of the molecule is CCc1ccc(N(CC(=O)N(C)C2CCS(=O)(=O)C2)C(C)=O)cc1. The second-order valence-electron chi connectivity index (χ2n) is 6.19. The predicted molar refractivity (Wildman–Crippen MR) is 93.7 cm³/mol. The zero-order valence-corrected chi connectivity index (χ0v) is 15.2. The van der Waals surface area contributed by atoms with Gasteiger partial charge >= 0.3 is 0 Å². The van der Waals surface area contributed by atoms with Gasteiger partial charge in [0.2, 0.25) is 11.8 Å². The minimum atomic E-state index is -3.05. The van der Waals surface area contributed by atoms with Gasteiger partial charge in [-0.2, -0.15) is 0 Å². The van der Waals surface area contributed by atoms with Crippen LogP contribution in [0.2, 0.25) is 0 Å². The molecule has 1 saturated heterocycles. The van der Waals surface area contributed by atoms with E-state index in [4.69, 9.17) is 0 Å². The van der Waals surface area contributed by atoms with Crippen LogP contribution in [0.15, 0.2) is 24.3 Å². The van der Waals surface area contributed by atoms with E-state index in [2.05, 4.69) is 0 Å². The van der Waals surface area contributed by atoms with Gasteiger partial charge in [-0.1, -0.05) is 19.1 Å². The van der Waals surface area contributed by atoms with Crippen molar-refractivity contribution >= 4 is 27.3 Å². The first-order valence-corrected chi connectivity index (χ1v) is 9.88. The number of likely N-dealkylation sites (N-methyl/N-ethyl adjacent to an activating group) is 1. The van der Waals surface area contributed by atoms with E-state index >= 15 is 0 Å². The molecular formula is C17H24N2O4S. The summed E-state index contributed by atoms with van der Waals surface area (Å²) in [5.41, 5.74) is 1.82. The largest absolute Gasteiger partial charge is 0.340 e. The first kappa shape index (κ1) is 18.4. The molecule has 6 nitrogen and oxygen atoms in total. The standard InChI is InChI=1S/C17H24N2O4S/c1-4-14-5-7-15(8-6-14)19(13(2)20)11-17(21)18(3)16-9-10-24(22,23)12-16/h5-8,16H,4,9-12H2,1-3H3. The van der Waals surface area contributed by atoms with E-state index in [1.165, 1.54) is 16.7 Å². The highest BCUT2D eigenvalue weighted by Gasteiger charge is 2.33. The van der Waals surface area contributed by atoms with Crippen LogP contribution in [-0.4, -0.2) is 56.3 Å². The number of amides is 2. The summed E-state index contributed by atoms with van der Waals surface area (Å²) in [6.07, 6.45) is 1.36. The Bertz CT molecular complexity index is 713. The Morgan fingerprint density at radius 2 is 1.83 bits per heavy atom. The Kier molecular flexibility index (Phi) is 5.64. The van der Waals surface area contributed by atoms with Crippen LogP contribution in [0.4, 0.5) is 5.69 Å². The molecule has 1 aliphatic heterocycles. The number of anilines is 1. The number of nitrogens with zero attached hydrogens (tertiary/aromatic N) is 2. The Morgan fingerprint density at radius 3 is 2.29 bits per heavy atom. The average molecular weight is 352 g/mol. The number of carbonyl (C=O) groups is 2. The summed E-state index contributed by atoms with van der Waals surface area (Å²) in [6.45, 7) is 3.38. The quantitative estimate of drug-likeness (QED) is 0.799. The maximum Gasteiger partial charge on any atom is 0.242 e. The van der Waals surface area contributed by atoms with Gasteiger partial charge in [0.15, 0.2) is 9.84 Å². The third kappa shape index (κ3) is 4.35. The molecule has 1 aromatic rings. The second kappa shape index (κ2) is 7.34. The molecule has 2 rings (SSSR count). The number of sulfone groups is 1. The average Bonchev–Trinajstić information content (AvgIpc) is 2.91. The van der Waals surface area contributed by atoms with Crippen molar-refractivity contribution in [3.63, 3.8) is 0 Å². The van der Waals surface area contributed by atoms with E-state index in [1.54, 1.807) is 7.05 Å². The Hall–Kier alpha value is -1.89. The molecule has 132 valence electrons. The van der Waals surface area contributed by atoms with Crippen molar-refractivity contribution in [2.75, 3.05) is 30.0 Å². The zero-order chi connectivity index (χ0) is 17.9. The maximum atomic E-state index is 12.5. The lowest BCUT2D eigenvalue weighted by Gasteiger charge is -2.27. The van der Waals surface area contributed by atoms with Crippen LogP contribution < -0.4 is 4.90 Å². The molecule has 0 bridgehead atoms. The van der Waals surface area contributed by atoms with Crippen LogP contribution in [0.3, 0.4) is 0 Å². The van der Waals surface area contributed by atoms with Crippen molar-refractivity contribution < 1.29 is 18.0 Å². The number of hydrogen-bond donors (Lipinski definition) is 0. The third-order valence-corrected chi connectivity index (χ3v) is 6.23. The van der Waals surface area contributed by atoms with Gasteiger partial charge in [-0.05, 0) is 30.5 Å². The van der Waals surface area contributed by atoms with Crippen molar-refractivity contribution in [3.05, 3.63) is 29.8 Å². The van der Waals surface area contributed by atoms with E-state index < -0.39 is 9.84 Å². The van der Waals surface area contributed by atoms with Gasteiger partial charge in [-0.15, -0.1) is 0 Å². The Labute approximate surface area is 143 Å². The fraction of sp³-hybridized carbons (Fsp3) is 0.529.